The summed E-state index contributed by atoms with van der Waals surface area (Å²) in [6.45, 7) is 4.06. The Morgan fingerprint density at radius 3 is 2.65 bits per heavy atom. The number of nitrogens with zero attached hydrogens (tertiary/aromatic N) is 1. The Balaban J connectivity index is 2.99. The first kappa shape index (κ1) is 13.3. The molecule has 4 nitrogen and oxygen atoms in total. The van der Waals surface area contributed by atoms with Crippen molar-refractivity contribution in [3.8, 4) is 11.8 Å². The second-order valence-electron chi connectivity index (χ2n) is 4.20. The Hall–Kier alpha value is -1.73. The molecule has 0 spiro atoms. The van der Waals surface area contributed by atoms with Crippen molar-refractivity contribution in [1.29, 1.82) is 5.26 Å². The molecule has 1 atom stereocenters. The molecule has 0 saturated carbocycles. The first-order valence-corrected chi connectivity index (χ1v) is 5.58. The minimum atomic E-state index is -0.0748. The van der Waals surface area contributed by atoms with Crippen LogP contribution in [0.5, 0.6) is 5.75 Å². The van der Waals surface area contributed by atoms with Crippen LogP contribution in [0.4, 0.5) is 5.69 Å². The summed E-state index contributed by atoms with van der Waals surface area (Å²) >= 11 is 0. The lowest BCUT2D eigenvalue weighted by Gasteiger charge is -2.22. The largest absolute Gasteiger partial charge is 0.497 e. The summed E-state index contributed by atoms with van der Waals surface area (Å²) in [5.41, 5.74) is 1.24. The summed E-state index contributed by atoms with van der Waals surface area (Å²) in [7, 11) is 1.58. The summed E-state index contributed by atoms with van der Waals surface area (Å²) in [5, 5.41) is 21.5. The van der Waals surface area contributed by atoms with Crippen LogP contribution in [0.25, 0.3) is 0 Å². The summed E-state index contributed by atoms with van der Waals surface area (Å²) in [5.74, 6) is 0.963. The highest BCUT2D eigenvalue weighted by atomic mass is 16.5. The van der Waals surface area contributed by atoms with Crippen LogP contribution in [0.15, 0.2) is 18.2 Å². The van der Waals surface area contributed by atoms with Crippen molar-refractivity contribution in [2.24, 2.45) is 5.92 Å². The lowest BCUT2D eigenvalue weighted by Crippen LogP contribution is -2.29. The predicted octanol–water partition coefficient (Wildman–Crippen LogP) is 2.00. The van der Waals surface area contributed by atoms with E-state index in [2.05, 4.69) is 11.4 Å². The van der Waals surface area contributed by atoms with Crippen molar-refractivity contribution in [2.75, 3.05) is 19.0 Å². The number of aliphatic hydroxyl groups excluding tert-OH is 1. The van der Waals surface area contributed by atoms with E-state index in [0.29, 0.717) is 17.0 Å². The van der Waals surface area contributed by atoms with Crippen LogP contribution in [-0.2, 0) is 0 Å². The van der Waals surface area contributed by atoms with Gasteiger partial charge in [0, 0.05) is 6.07 Å². The third-order valence-corrected chi connectivity index (χ3v) is 2.69. The molecule has 0 aromatic heterocycles. The fraction of sp³-hybridized carbons (Fsp3) is 0.462. The van der Waals surface area contributed by atoms with Crippen molar-refractivity contribution >= 4 is 5.69 Å². The molecule has 92 valence electrons. The first-order chi connectivity index (χ1) is 8.12. The number of ether oxygens (including phenoxy) is 1. The molecule has 0 aliphatic rings. The molecule has 1 rings (SSSR count). The number of nitrogens with one attached hydrogen (secondary N) is 1. The van der Waals surface area contributed by atoms with Crippen LogP contribution < -0.4 is 10.1 Å². The number of benzene rings is 1. The molecule has 1 aromatic rings. The summed E-state index contributed by atoms with van der Waals surface area (Å²) in [4.78, 5) is 0. The van der Waals surface area contributed by atoms with E-state index < -0.39 is 0 Å². The molecular formula is C13H18N2O2. The smallest absolute Gasteiger partial charge is 0.121 e. The van der Waals surface area contributed by atoms with Crippen LogP contribution in [-0.4, -0.2) is 24.9 Å². The van der Waals surface area contributed by atoms with Gasteiger partial charge in [0.25, 0.3) is 0 Å². The fourth-order valence-electron chi connectivity index (χ4n) is 1.49. The minimum absolute atomic E-state index is 0.0275. The lowest BCUT2D eigenvalue weighted by molar-refractivity contribution is 0.249. The maximum atomic E-state index is 9.27. The van der Waals surface area contributed by atoms with Crippen LogP contribution >= 0.6 is 0 Å². The number of rotatable bonds is 5. The molecule has 17 heavy (non-hydrogen) atoms. The maximum Gasteiger partial charge on any atom is 0.121 e. The van der Waals surface area contributed by atoms with E-state index in [1.54, 1.807) is 25.3 Å². The molecule has 0 radical (unpaired) electrons. The number of hydrogen-bond donors (Lipinski definition) is 2. The normalized spacial score (nSPS) is 12.0. The third-order valence-electron chi connectivity index (χ3n) is 2.69. The van der Waals surface area contributed by atoms with Crippen LogP contribution in [0.1, 0.15) is 19.4 Å². The van der Waals surface area contributed by atoms with Crippen molar-refractivity contribution in [3.05, 3.63) is 23.8 Å². The molecule has 0 bridgehead atoms. The van der Waals surface area contributed by atoms with Gasteiger partial charge in [0.1, 0.15) is 11.8 Å². The van der Waals surface area contributed by atoms with Gasteiger partial charge in [-0.05, 0) is 18.1 Å². The highest BCUT2D eigenvalue weighted by Crippen LogP contribution is 2.23. The van der Waals surface area contributed by atoms with E-state index in [1.807, 2.05) is 13.8 Å². The highest BCUT2D eigenvalue weighted by Gasteiger charge is 2.14. The standard InChI is InChI=1S/C13H18N2O2/c1-9(2)13(8-16)15-12-6-11(17-3)5-4-10(12)7-14/h4-6,9,13,15-16H,8H2,1-3H3. The van der Waals surface area contributed by atoms with Crippen molar-refractivity contribution in [3.63, 3.8) is 0 Å². The number of methoxy groups -OCH3 is 1. The van der Waals surface area contributed by atoms with Gasteiger partial charge in [-0.15, -0.1) is 0 Å². The van der Waals surface area contributed by atoms with Crippen molar-refractivity contribution < 1.29 is 9.84 Å². The second kappa shape index (κ2) is 6.12. The first-order valence-electron chi connectivity index (χ1n) is 5.58. The highest BCUT2D eigenvalue weighted by molar-refractivity contribution is 5.60. The van der Waals surface area contributed by atoms with Crippen molar-refractivity contribution in [2.45, 2.75) is 19.9 Å². The van der Waals surface area contributed by atoms with Gasteiger partial charge >= 0.3 is 0 Å². The average Bonchev–Trinajstić information content (AvgIpc) is 2.35. The van der Waals surface area contributed by atoms with Gasteiger partial charge in [-0.2, -0.15) is 5.26 Å². The van der Waals surface area contributed by atoms with Crippen molar-refractivity contribution in [1.82, 2.24) is 0 Å². The molecule has 0 fully saturated rings. The predicted molar refractivity (Wildman–Crippen MR) is 67.0 cm³/mol. The Kier molecular flexibility index (Phi) is 4.80. The molecule has 0 amide bonds. The molecule has 0 heterocycles. The van der Waals surface area contributed by atoms with Crippen LogP contribution in [0.2, 0.25) is 0 Å². The van der Waals surface area contributed by atoms with Gasteiger partial charge in [0.05, 0.1) is 31.0 Å². The quantitative estimate of drug-likeness (QED) is 0.817. The average molecular weight is 234 g/mol. The molecule has 0 aliphatic heterocycles. The number of hydrogen-bond acceptors (Lipinski definition) is 4. The lowest BCUT2D eigenvalue weighted by atomic mass is 10.0. The van der Waals surface area contributed by atoms with E-state index in [9.17, 15) is 5.11 Å². The van der Waals surface area contributed by atoms with Gasteiger partial charge in [-0.1, -0.05) is 13.8 Å². The molecule has 1 aromatic carbocycles. The topological polar surface area (TPSA) is 65.3 Å². The Bertz CT molecular complexity index is 410. The number of aliphatic hydroxyl groups is 1. The fourth-order valence-corrected chi connectivity index (χ4v) is 1.49. The zero-order valence-electron chi connectivity index (χ0n) is 10.4. The minimum Gasteiger partial charge on any atom is -0.497 e. The molecule has 0 aliphatic carbocycles. The van der Waals surface area contributed by atoms with Gasteiger partial charge in [0.15, 0.2) is 0 Å². The number of nitriles is 1. The second-order valence-corrected chi connectivity index (χ2v) is 4.20. The Morgan fingerprint density at radius 2 is 2.18 bits per heavy atom. The monoisotopic (exact) mass is 234 g/mol. The van der Waals surface area contributed by atoms with Crippen LogP contribution in [0, 0.1) is 17.2 Å². The summed E-state index contributed by atoms with van der Waals surface area (Å²) in [6.07, 6.45) is 0. The van der Waals surface area contributed by atoms with E-state index in [4.69, 9.17) is 10.00 Å². The Morgan fingerprint density at radius 1 is 1.47 bits per heavy atom. The van der Waals surface area contributed by atoms with Gasteiger partial charge in [-0.3, -0.25) is 0 Å². The zero-order valence-corrected chi connectivity index (χ0v) is 10.4. The van der Waals surface area contributed by atoms with Gasteiger partial charge < -0.3 is 15.2 Å². The molecule has 0 saturated heterocycles. The molecule has 2 N–H and O–H groups in total. The maximum absolute atomic E-state index is 9.27. The zero-order chi connectivity index (χ0) is 12.8. The molecular weight excluding hydrogens is 216 g/mol. The van der Waals surface area contributed by atoms with E-state index in [-0.39, 0.29) is 18.6 Å². The molecule has 1 unspecified atom stereocenters. The third kappa shape index (κ3) is 3.36. The van der Waals surface area contributed by atoms with Gasteiger partial charge in [0.2, 0.25) is 0 Å². The van der Waals surface area contributed by atoms with E-state index in [0.717, 1.165) is 0 Å². The van der Waals surface area contributed by atoms with Crippen LogP contribution in [0.3, 0.4) is 0 Å². The summed E-state index contributed by atoms with van der Waals surface area (Å²) < 4.78 is 5.12. The van der Waals surface area contributed by atoms with Gasteiger partial charge in [-0.25, -0.2) is 0 Å². The Labute approximate surface area is 102 Å². The summed E-state index contributed by atoms with van der Waals surface area (Å²) in [6, 6.07) is 7.26. The number of anilines is 1. The molecule has 4 heteroatoms. The van der Waals surface area contributed by atoms with E-state index in [1.165, 1.54) is 0 Å². The van der Waals surface area contributed by atoms with E-state index >= 15 is 0 Å². The SMILES string of the molecule is COc1ccc(C#N)c(NC(CO)C(C)C)c1.